The van der Waals surface area contributed by atoms with Gasteiger partial charge in [0, 0.05) is 44.3 Å². The van der Waals surface area contributed by atoms with E-state index in [1.807, 2.05) is 26.0 Å². The van der Waals surface area contributed by atoms with Gasteiger partial charge in [0.2, 0.25) is 0 Å². The molecule has 0 bridgehead atoms. The van der Waals surface area contributed by atoms with Crippen LogP contribution in [0.4, 0.5) is 0 Å². The molecule has 5 nitrogen and oxygen atoms in total. The molecule has 8 heteroatoms. The zero-order valence-electron chi connectivity index (χ0n) is 14.7. The van der Waals surface area contributed by atoms with Gasteiger partial charge < -0.3 is 39.8 Å². The Morgan fingerprint density at radius 3 is 2.12 bits per heavy atom. The van der Waals surface area contributed by atoms with E-state index in [2.05, 4.69) is 9.80 Å². The molecule has 1 aromatic rings. The first kappa shape index (κ1) is 24.7. The molecule has 2 N–H and O–H groups in total. The van der Waals surface area contributed by atoms with Gasteiger partial charge in [0.05, 0.1) is 6.61 Å². The van der Waals surface area contributed by atoms with Gasteiger partial charge in [0.25, 0.3) is 0 Å². The smallest absolute Gasteiger partial charge is 0.120 e. The molecule has 1 heterocycles. The second kappa shape index (κ2) is 12.2. The number of aliphatic hydroxyl groups excluding tert-OH is 2. The predicted octanol–water partition coefficient (Wildman–Crippen LogP) is -4.69. The topological polar surface area (TPSA) is 56.2 Å². The van der Waals surface area contributed by atoms with Crippen molar-refractivity contribution in [2.75, 3.05) is 52.5 Å². The van der Waals surface area contributed by atoms with E-state index in [0.29, 0.717) is 6.54 Å². The highest BCUT2D eigenvalue weighted by atomic mass is 35.5. The van der Waals surface area contributed by atoms with Crippen LogP contribution < -0.4 is 29.6 Å². The lowest BCUT2D eigenvalue weighted by Gasteiger charge is -2.35. The van der Waals surface area contributed by atoms with Crippen LogP contribution in [0.15, 0.2) is 12.1 Å². The summed E-state index contributed by atoms with van der Waals surface area (Å²) in [5, 5.41) is 19.9. The van der Waals surface area contributed by atoms with Crippen LogP contribution in [0.25, 0.3) is 0 Å². The van der Waals surface area contributed by atoms with Gasteiger partial charge in [-0.3, -0.25) is 9.80 Å². The highest BCUT2D eigenvalue weighted by Gasteiger charge is 2.19. The maximum atomic E-state index is 10.2. The third kappa shape index (κ3) is 7.87. The van der Waals surface area contributed by atoms with E-state index in [0.717, 1.165) is 54.6 Å². The van der Waals surface area contributed by atoms with Gasteiger partial charge in [-0.15, -0.1) is 0 Å². The van der Waals surface area contributed by atoms with Crippen molar-refractivity contribution >= 4 is 11.6 Å². The number of β-amino-alcohol motifs (C(OH)–C–C–N with tert-alkyl or cyclic N) is 2. The lowest BCUT2D eigenvalue weighted by atomic mass is 10.1. The minimum atomic E-state index is -0.518. The van der Waals surface area contributed by atoms with E-state index in [-0.39, 0.29) is 38.0 Å². The van der Waals surface area contributed by atoms with Crippen molar-refractivity contribution in [2.24, 2.45) is 0 Å². The van der Waals surface area contributed by atoms with Crippen LogP contribution >= 0.6 is 11.6 Å². The molecular weight excluding hydrogens is 387 g/mol. The summed E-state index contributed by atoms with van der Waals surface area (Å²) >= 11 is 6.14. The number of rotatable bonds is 7. The molecule has 0 aliphatic carbocycles. The molecule has 0 aromatic heterocycles. The molecule has 0 spiro atoms. The van der Waals surface area contributed by atoms with Crippen molar-refractivity contribution in [1.29, 1.82) is 0 Å². The molecule has 1 fully saturated rings. The number of ether oxygens (including phenoxy) is 1. The Hall–Kier alpha value is -0.270. The minimum absolute atomic E-state index is 0. The van der Waals surface area contributed by atoms with Gasteiger partial charge >= 0.3 is 0 Å². The molecule has 1 aliphatic heterocycles. The van der Waals surface area contributed by atoms with E-state index in [9.17, 15) is 5.11 Å². The molecule has 2 rings (SSSR count). The van der Waals surface area contributed by atoms with Crippen molar-refractivity contribution < 1.29 is 39.8 Å². The standard InChI is InChI=1S/C17H27ClN2O3.2ClH/c1-13-9-16(10-14(2)17(13)18)23-12-15(22)11-20-5-3-19(4-6-20)7-8-21;;/h9-10,15,21-22H,3-8,11-12H2,1-2H3;2*1H/p-2. The fourth-order valence-electron chi connectivity index (χ4n) is 2.87. The number of halogens is 3. The minimum Gasteiger partial charge on any atom is -1.00 e. The Morgan fingerprint density at radius 2 is 1.60 bits per heavy atom. The highest BCUT2D eigenvalue weighted by Crippen LogP contribution is 2.25. The molecule has 1 unspecified atom stereocenters. The number of benzene rings is 1. The van der Waals surface area contributed by atoms with Crippen LogP contribution in [0, 0.1) is 13.8 Å². The fourth-order valence-corrected chi connectivity index (χ4v) is 2.98. The molecule has 1 atom stereocenters. The third-order valence-electron chi connectivity index (χ3n) is 4.20. The van der Waals surface area contributed by atoms with Gasteiger partial charge in [-0.1, -0.05) is 11.6 Å². The maximum Gasteiger partial charge on any atom is 0.120 e. The number of piperazine rings is 1. The van der Waals surface area contributed by atoms with Crippen molar-refractivity contribution in [1.82, 2.24) is 9.80 Å². The second-order valence-electron chi connectivity index (χ2n) is 6.20. The Balaban J connectivity index is 0.00000288. The second-order valence-corrected chi connectivity index (χ2v) is 6.58. The molecule has 0 radical (unpaired) electrons. The van der Waals surface area contributed by atoms with Crippen LogP contribution in [0.3, 0.4) is 0 Å². The van der Waals surface area contributed by atoms with E-state index < -0.39 is 6.10 Å². The largest absolute Gasteiger partial charge is 1.00 e. The van der Waals surface area contributed by atoms with Gasteiger partial charge in [0.15, 0.2) is 0 Å². The molecule has 25 heavy (non-hydrogen) atoms. The Bertz CT molecular complexity index is 489. The Labute approximate surface area is 167 Å². The summed E-state index contributed by atoms with van der Waals surface area (Å²) in [4.78, 5) is 4.47. The van der Waals surface area contributed by atoms with Gasteiger partial charge in [0.1, 0.15) is 18.5 Å². The lowest BCUT2D eigenvalue weighted by Crippen LogP contribution is -3.00. The molecule has 1 aromatic carbocycles. The average molecular weight is 414 g/mol. The molecular formula is C17H27Cl3N2O3-2. The maximum absolute atomic E-state index is 10.2. The monoisotopic (exact) mass is 412 g/mol. The van der Waals surface area contributed by atoms with Crippen LogP contribution in [0.1, 0.15) is 11.1 Å². The first-order valence-corrected chi connectivity index (χ1v) is 8.50. The number of nitrogens with zero attached hydrogens (tertiary/aromatic N) is 2. The number of hydrogen-bond donors (Lipinski definition) is 2. The number of aliphatic hydroxyl groups is 2. The fraction of sp³-hybridized carbons (Fsp3) is 0.647. The van der Waals surface area contributed by atoms with Crippen molar-refractivity contribution in [3.63, 3.8) is 0 Å². The van der Waals surface area contributed by atoms with Crippen LogP contribution in [0.5, 0.6) is 5.75 Å². The van der Waals surface area contributed by atoms with Gasteiger partial charge in [-0.25, -0.2) is 0 Å². The first-order chi connectivity index (χ1) is 11.0. The van der Waals surface area contributed by atoms with Crippen molar-refractivity contribution in [3.8, 4) is 5.75 Å². The van der Waals surface area contributed by atoms with E-state index in [4.69, 9.17) is 21.4 Å². The van der Waals surface area contributed by atoms with Crippen LogP contribution in [-0.4, -0.2) is 78.6 Å². The van der Waals surface area contributed by atoms with Gasteiger partial charge in [-0.2, -0.15) is 0 Å². The van der Waals surface area contributed by atoms with Crippen molar-refractivity contribution in [2.45, 2.75) is 20.0 Å². The SMILES string of the molecule is Cc1cc(OCC(O)CN2CCN(CCO)CC2)cc(C)c1Cl.[Cl-].[Cl-]. The average Bonchev–Trinajstić information content (AvgIpc) is 2.52. The number of hydrogen-bond acceptors (Lipinski definition) is 5. The summed E-state index contributed by atoms with van der Waals surface area (Å²) in [5.41, 5.74) is 1.97. The summed E-state index contributed by atoms with van der Waals surface area (Å²) in [5.74, 6) is 0.746. The molecule has 146 valence electrons. The highest BCUT2D eigenvalue weighted by molar-refractivity contribution is 6.32. The Kier molecular flexibility index (Phi) is 12.0. The summed E-state index contributed by atoms with van der Waals surface area (Å²) in [6.45, 7) is 9.41. The van der Waals surface area contributed by atoms with Crippen LogP contribution in [0.2, 0.25) is 5.02 Å². The van der Waals surface area contributed by atoms with E-state index >= 15 is 0 Å². The molecule has 1 saturated heterocycles. The van der Waals surface area contributed by atoms with Crippen molar-refractivity contribution in [3.05, 3.63) is 28.3 Å². The zero-order valence-corrected chi connectivity index (χ0v) is 17.0. The Morgan fingerprint density at radius 1 is 1.08 bits per heavy atom. The summed E-state index contributed by atoms with van der Waals surface area (Å²) < 4.78 is 5.71. The van der Waals surface area contributed by atoms with Gasteiger partial charge in [-0.05, 0) is 37.1 Å². The molecule has 0 saturated carbocycles. The molecule has 0 amide bonds. The molecule has 1 aliphatic rings. The van der Waals surface area contributed by atoms with Crippen LogP contribution in [-0.2, 0) is 0 Å². The normalized spacial score (nSPS) is 16.7. The zero-order chi connectivity index (χ0) is 16.8. The summed E-state index contributed by atoms with van der Waals surface area (Å²) in [6.07, 6.45) is -0.518. The van der Waals surface area contributed by atoms with E-state index in [1.54, 1.807) is 0 Å². The summed E-state index contributed by atoms with van der Waals surface area (Å²) in [6, 6.07) is 3.80. The summed E-state index contributed by atoms with van der Waals surface area (Å²) in [7, 11) is 0. The van der Waals surface area contributed by atoms with E-state index in [1.165, 1.54) is 0 Å². The number of aryl methyl sites for hydroxylation is 2. The quantitative estimate of drug-likeness (QED) is 0.471. The first-order valence-electron chi connectivity index (χ1n) is 8.12. The lowest BCUT2D eigenvalue weighted by molar-refractivity contribution is -0.001000. The third-order valence-corrected chi connectivity index (χ3v) is 4.80. The predicted molar refractivity (Wildman–Crippen MR) is 92.4 cm³/mol.